The van der Waals surface area contributed by atoms with Crippen LogP contribution in [0.15, 0.2) is 18.2 Å². The molecule has 0 aliphatic heterocycles. The average molecular weight is 725 g/mol. The Morgan fingerprint density at radius 1 is 0.940 bits per heavy atom. The van der Waals surface area contributed by atoms with Gasteiger partial charge >= 0.3 is 6.18 Å². The number of benzene rings is 1. The Labute approximate surface area is 298 Å². The number of rotatable bonds is 20. The summed E-state index contributed by atoms with van der Waals surface area (Å²) >= 11 is 5.20. The fourth-order valence-corrected chi connectivity index (χ4v) is 8.06. The van der Waals surface area contributed by atoms with E-state index < -0.39 is 28.7 Å². The summed E-state index contributed by atoms with van der Waals surface area (Å²) in [6.45, 7) is 8.61. The molecule has 0 spiro atoms. The lowest BCUT2D eigenvalue weighted by Gasteiger charge is -2.56. The summed E-state index contributed by atoms with van der Waals surface area (Å²) in [6.07, 6.45) is 3.75. The van der Waals surface area contributed by atoms with E-state index >= 15 is 0 Å². The lowest BCUT2D eigenvalue weighted by molar-refractivity contribution is -0.169. The van der Waals surface area contributed by atoms with Gasteiger partial charge in [-0.05, 0) is 108 Å². The Balaban J connectivity index is 1.00. The summed E-state index contributed by atoms with van der Waals surface area (Å²) in [4.78, 5) is 26.7. The van der Waals surface area contributed by atoms with Gasteiger partial charge in [0.1, 0.15) is 0 Å². The van der Waals surface area contributed by atoms with Gasteiger partial charge in [-0.25, -0.2) is 0 Å². The number of halogens is 3. The molecule has 5 rings (SSSR count). The molecule has 1 aromatic carbocycles. The first-order chi connectivity index (χ1) is 23.7. The van der Waals surface area contributed by atoms with Crippen LogP contribution in [-0.4, -0.2) is 87.3 Å². The molecule has 14 heteroatoms. The predicted octanol–water partition coefficient (Wildman–Crippen LogP) is 5.56. The summed E-state index contributed by atoms with van der Waals surface area (Å²) in [5.74, 6) is 1.87. The number of nitrogens with zero attached hydrogens (tertiary/aromatic N) is 2. The van der Waals surface area contributed by atoms with Crippen LogP contribution in [0.25, 0.3) is 0 Å². The minimum atomic E-state index is -4.78. The molecule has 2 amide bonds. The van der Waals surface area contributed by atoms with E-state index in [1.807, 2.05) is 0 Å². The van der Waals surface area contributed by atoms with Crippen LogP contribution in [0.5, 0.6) is 0 Å². The average Bonchev–Trinajstić information content (AvgIpc) is 3.04. The van der Waals surface area contributed by atoms with Gasteiger partial charge in [0.15, 0.2) is 0 Å². The second-order valence-electron chi connectivity index (χ2n) is 14.3. The predicted molar refractivity (Wildman–Crippen MR) is 186 cm³/mol. The van der Waals surface area contributed by atoms with E-state index in [-0.39, 0.29) is 28.6 Å². The van der Waals surface area contributed by atoms with Gasteiger partial charge in [-0.2, -0.15) is 18.4 Å². The second-order valence-corrected chi connectivity index (χ2v) is 14.9. The van der Waals surface area contributed by atoms with Crippen molar-refractivity contribution in [3.05, 3.63) is 29.3 Å². The molecular formula is C36H51F3N4O6S. The number of alkyl halides is 3. The molecule has 0 atom stereocenters. The van der Waals surface area contributed by atoms with Crippen molar-refractivity contribution in [2.24, 2.45) is 17.8 Å². The van der Waals surface area contributed by atoms with Crippen molar-refractivity contribution in [2.75, 3.05) is 64.2 Å². The monoisotopic (exact) mass is 724 g/mol. The minimum Gasteiger partial charge on any atom is -0.377 e. The maximum absolute atomic E-state index is 13.5. The van der Waals surface area contributed by atoms with Gasteiger partial charge < -0.3 is 29.6 Å². The molecule has 0 radical (unpaired) electrons. The first kappa shape index (κ1) is 40.1. The van der Waals surface area contributed by atoms with Crippen molar-refractivity contribution >= 4 is 34.7 Å². The highest BCUT2D eigenvalue weighted by Crippen LogP contribution is 2.57. The number of anilines is 1. The molecule has 2 N–H and O–H groups in total. The quantitative estimate of drug-likeness (QED) is 0.132. The van der Waals surface area contributed by atoms with E-state index in [9.17, 15) is 22.8 Å². The summed E-state index contributed by atoms with van der Waals surface area (Å²) in [7, 11) is 0. The van der Waals surface area contributed by atoms with Gasteiger partial charge in [-0.1, -0.05) is 12.2 Å². The van der Waals surface area contributed by atoms with Crippen LogP contribution < -0.4 is 15.5 Å². The Morgan fingerprint density at radius 3 is 2.04 bits per heavy atom. The lowest BCUT2D eigenvalue weighted by atomic mass is 9.54. The highest BCUT2D eigenvalue weighted by Gasteiger charge is 2.51. The van der Waals surface area contributed by atoms with Crippen LogP contribution in [0, 0.1) is 29.1 Å². The molecule has 4 saturated carbocycles. The maximum Gasteiger partial charge on any atom is 0.417 e. The number of hydrogen-bond donors (Lipinski definition) is 2. The molecule has 0 heterocycles. The Bertz CT molecular complexity index is 1330. The van der Waals surface area contributed by atoms with Crippen molar-refractivity contribution in [1.29, 1.82) is 5.26 Å². The van der Waals surface area contributed by atoms with Crippen molar-refractivity contribution in [3.8, 4) is 6.07 Å². The van der Waals surface area contributed by atoms with Crippen LogP contribution in [-0.2, 0) is 34.7 Å². The number of nitriles is 1. The number of carbonyl (C=O) groups is 2. The van der Waals surface area contributed by atoms with Gasteiger partial charge in [-0.15, -0.1) is 0 Å². The largest absolute Gasteiger partial charge is 0.417 e. The number of amides is 2. The summed E-state index contributed by atoms with van der Waals surface area (Å²) in [5.41, 5.74) is -2.89. The van der Waals surface area contributed by atoms with Gasteiger partial charge in [0, 0.05) is 13.0 Å². The number of nitrogens with one attached hydrogen (secondary N) is 2. The van der Waals surface area contributed by atoms with E-state index in [1.54, 1.807) is 13.8 Å². The van der Waals surface area contributed by atoms with Crippen LogP contribution in [0.2, 0.25) is 0 Å². The maximum atomic E-state index is 13.5. The van der Waals surface area contributed by atoms with Gasteiger partial charge in [0.05, 0.1) is 85.3 Å². The molecule has 10 nitrogen and oxygen atoms in total. The van der Waals surface area contributed by atoms with Crippen molar-refractivity contribution in [3.63, 3.8) is 0 Å². The van der Waals surface area contributed by atoms with Crippen LogP contribution in [0.3, 0.4) is 0 Å². The third kappa shape index (κ3) is 11.4. The minimum absolute atomic E-state index is 0.0489. The van der Waals surface area contributed by atoms with Crippen LogP contribution >= 0.6 is 12.2 Å². The SMILES string of the molecule is CC(=S)N(C(=O)C(C)(C)NCCCC(=O)NCCOCCOCCOCCOC12CC3CC(CC(C3)C1)C2)c1ccc(C#N)c(C(F)(F)F)c1. The summed E-state index contributed by atoms with van der Waals surface area (Å²) < 4.78 is 63.7. The third-order valence-electron chi connectivity index (χ3n) is 9.82. The highest BCUT2D eigenvalue weighted by molar-refractivity contribution is 7.80. The van der Waals surface area contributed by atoms with E-state index in [4.69, 9.17) is 36.4 Å². The Kier molecular flexibility index (Phi) is 14.6. The van der Waals surface area contributed by atoms with E-state index in [0.717, 1.165) is 34.8 Å². The van der Waals surface area contributed by atoms with Gasteiger partial charge in [0.25, 0.3) is 5.91 Å². The zero-order valence-corrected chi connectivity index (χ0v) is 30.2. The van der Waals surface area contributed by atoms with E-state index in [1.165, 1.54) is 57.6 Å². The van der Waals surface area contributed by atoms with Crippen molar-refractivity contribution in [2.45, 2.75) is 89.5 Å². The van der Waals surface area contributed by atoms with Crippen LogP contribution in [0.4, 0.5) is 18.9 Å². The molecule has 4 bridgehead atoms. The number of carbonyl (C=O) groups excluding carboxylic acids is 2. The fraction of sp³-hybridized carbons (Fsp3) is 0.722. The Hall–Kier alpha value is -2.67. The smallest absolute Gasteiger partial charge is 0.377 e. The lowest BCUT2D eigenvalue weighted by Crippen LogP contribution is -2.55. The Morgan fingerprint density at radius 2 is 1.50 bits per heavy atom. The van der Waals surface area contributed by atoms with Gasteiger partial charge in [-0.3, -0.25) is 14.5 Å². The summed E-state index contributed by atoms with van der Waals surface area (Å²) in [5, 5.41) is 14.9. The molecule has 4 aliphatic carbocycles. The molecule has 4 aliphatic rings. The number of thiocarbonyl (C=S) groups is 1. The molecule has 1 aromatic rings. The van der Waals surface area contributed by atoms with Crippen LogP contribution in [0.1, 0.15) is 83.3 Å². The molecular weight excluding hydrogens is 673 g/mol. The number of hydrogen-bond acceptors (Lipinski definition) is 9. The molecule has 4 fully saturated rings. The molecule has 0 unspecified atom stereocenters. The first-order valence-corrected chi connectivity index (χ1v) is 18.0. The second kappa shape index (κ2) is 18.2. The fourth-order valence-electron chi connectivity index (χ4n) is 7.87. The molecule has 50 heavy (non-hydrogen) atoms. The zero-order chi connectivity index (χ0) is 36.4. The molecule has 0 saturated heterocycles. The molecule has 278 valence electrons. The standard InChI is InChI=1S/C36H51F3N4O6S/c1-25(50)43(30-7-6-29(24-40)31(20-30)36(37,38)39)33(45)34(2,3)42-8-4-5-32(44)41-9-10-46-11-12-47-13-14-48-15-16-49-35-21-26-17-27(22-35)19-28(18-26)23-35/h6-7,20,26-28,42H,4-5,8-19,21-23H2,1-3H3,(H,41,44). The zero-order valence-electron chi connectivity index (χ0n) is 29.4. The molecule has 0 aromatic heterocycles. The van der Waals surface area contributed by atoms with Crippen molar-refractivity contribution < 1.29 is 41.7 Å². The third-order valence-corrected chi connectivity index (χ3v) is 10.0. The van der Waals surface area contributed by atoms with Gasteiger partial charge in [0.2, 0.25) is 5.91 Å². The summed E-state index contributed by atoms with van der Waals surface area (Å²) in [6, 6.07) is 4.55. The first-order valence-electron chi connectivity index (χ1n) is 17.6. The van der Waals surface area contributed by atoms with E-state index in [2.05, 4.69) is 10.6 Å². The van der Waals surface area contributed by atoms with Crippen molar-refractivity contribution in [1.82, 2.24) is 10.6 Å². The van der Waals surface area contributed by atoms with E-state index in [0.29, 0.717) is 65.8 Å². The number of ether oxygens (including phenoxy) is 4. The topological polar surface area (TPSA) is 122 Å². The highest BCUT2D eigenvalue weighted by atomic mass is 32.1. The normalized spacial score (nSPS) is 22.7.